The van der Waals surface area contributed by atoms with Crippen LogP contribution in [0.5, 0.6) is 17.2 Å². The Labute approximate surface area is 237 Å². The van der Waals surface area contributed by atoms with E-state index in [0.29, 0.717) is 34.9 Å². The van der Waals surface area contributed by atoms with Crippen LogP contribution in [0.2, 0.25) is 0 Å². The topological polar surface area (TPSA) is 97.1 Å². The van der Waals surface area contributed by atoms with Crippen LogP contribution in [-0.2, 0) is 4.79 Å². The second-order valence-electron chi connectivity index (χ2n) is 9.97. The van der Waals surface area contributed by atoms with Gasteiger partial charge in [-0.3, -0.25) is 14.8 Å². The number of oxazole rings is 1. The molecule has 0 spiro atoms. The van der Waals surface area contributed by atoms with Crippen LogP contribution in [0.15, 0.2) is 86.0 Å². The molecule has 2 aliphatic heterocycles. The highest BCUT2D eigenvalue weighted by atomic mass is 19.4. The summed E-state index contributed by atoms with van der Waals surface area (Å²) in [5, 5.41) is 0. The number of hydrogen-bond acceptors (Lipinski definition) is 6. The molecule has 1 atom stereocenters. The van der Waals surface area contributed by atoms with Gasteiger partial charge in [0.15, 0.2) is 17.1 Å². The average Bonchev–Trinajstić information content (AvgIpc) is 3.58. The summed E-state index contributed by atoms with van der Waals surface area (Å²) in [7, 11) is 0. The van der Waals surface area contributed by atoms with Crippen LogP contribution >= 0.6 is 0 Å². The number of hydrogen-bond donors (Lipinski definition) is 1. The normalized spacial score (nSPS) is 17.1. The van der Waals surface area contributed by atoms with E-state index in [1.165, 1.54) is 24.3 Å². The number of alkyl halides is 5. The van der Waals surface area contributed by atoms with Crippen LogP contribution in [0.4, 0.5) is 26.3 Å². The Hall–Kier alpha value is -5.01. The number of nitrogens with one attached hydrogen (secondary N) is 1. The van der Waals surface area contributed by atoms with Gasteiger partial charge >= 0.3 is 12.1 Å². The predicted octanol–water partition coefficient (Wildman–Crippen LogP) is 6.29. The Morgan fingerprint density at radius 2 is 1.74 bits per heavy atom. The highest BCUT2D eigenvalue weighted by Crippen LogP contribution is 2.45. The fraction of sp³-hybridized carbons (Fsp3) is 0.207. The van der Waals surface area contributed by atoms with E-state index < -0.39 is 48.1 Å². The predicted molar refractivity (Wildman–Crippen MR) is 140 cm³/mol. The first-order valence-corrected chi connectivity index (χ1v) is 12.7. The third-order valence-electron chi connectivity index (χ3n) is 6.79. The van der Waals surface area contributed by atoms with Crippen LogP contribution in [0.1, 0.15) is 24.1 Å². The summed E-state index contributed by atoms with van der Waals surface area (Å²) < 4.78 is 94.7. The zero-order valence-electron chi connectivity index (χ0n) is 22.0. The molecule has 1 N–H and O–H groups in total. The first-order chi connectivity index (χ1) is 20.3. The smallest absolute Gasteiger partial charge is 0.457 e. The molecule has 1 aromatic heterocycles. The Kier molecular flexibility index (Phi) is 6.58. The van der Waals surface area contributed by atoms with Gasteiger partial charge in [-0.1, -0.05) is 18.2 Å². The van der Waals surface area contributed by atoms with Gasteiger partial charge in [0.05, 0.1) is 30.4 Å². The van der Waals surface area contributed by atoms with E-state index >= 15 is 0 Å². The van der Waals surface area contributed by atoms with Gasteiger partial charge in [0.2, 0.25) is 0 Å². The van der Waals surface area contributed by atoms with Crippen molar-refractivity contribution in [3.63, 3.8) is 0 Å². The number of aromatic nitrogens is 1. The van der Waals surface area contributed by atoms with Crippen LogP contribution in [0.25, 0.3) is 11.1 Å². The summed E-state index contributed by atoms with van der Waals surface area (Å²) in [4.78, 5) is 33.4. The largest absolute Gasteiger partial charge is 0.573 e. The molecular weight excluding hydrogens is 584 g/mol. The summed E-state index contributed by atoms with van der Waals surface area (Å²) in [6.45, 7) is -0.262. The lowest BCUT2D eigenvalue weighted by Gasteiger charge is -2.30. The van der Waals surface area contributed by atoms with E-state index in [0.717, 1.165) is 23.1 Å². The number of para-hydroxylation sites is 1. The van der Waals surface area contributed by atoms with Crippen LogP contribution < -0.4 is 15.2 Å². The second kappa shape index (κ2) is 10.1. The van der Waals surface area contributed by atoms with Gasteiger partial charge in [-0.2, -0.15) is 0 Å². The van der Waals surface area contributed by atoms with Gasteiger partial charge in [0, 0.05) is 29.7 Å². The molecule has 8 nitrogen and oxygen atoms in total. The first kappa shape index (κ1) is 28.1. The number of H-pyrrole nitrogens is 1. The molecule has 14 heteroatoms. The zero-order chi connectivity index (χ0) is 30.7. The molecule has 6 rings (SSSR count). The van der Waals surface area contributed by atoms with Gasteiger partial charge in [0.25, 0.3) is 11.8 Å². The van der Waals surface area contributed by atoms with E-state index in [9.17, 15) is 35.9 Å². The van der Waals surface area contributed by atoms with E-state index in [1.54, 1.807) is 18.2 Å². The molecule has 2 aliphatic rings. The fourth-order valence-corrected chi connectivity index (χ4v) is 5.20. The minimum atomic E-state index is -5.12. The molecule has 0 fully saturated rings. The number of amides is 1. The van der Waals surface area contributed by atoms with E-state index in [1.807, 2.05) is 0 Å². The molecule has 0 radical (unpaired) electrons. The van der Waals surface area contributed by atoms with Crippen molar-refractivity contribution in [2.45, 2.75) is 25.3 Å². The maximum atomic E-state index is 14.3. The lowest BCUT2D eigenvalue weighted by atomic mass is 9.91. The van der Waals surface area contributed by atoms with Gasteiger partial charge in [-0.15, -0.1) is 13.2 Å². The number of rotatable bonds is 7. The zero-order valence-corrected chi connectivity index (χ0v) is 22.0. The molecular formula is C29H19F6N3O5. The van der Waals surface area contributed by atoms with Gasteiger partial charge in [-0.25, -0.2) is 18.0 Å². The van der Waals surface area contributed by atoms with Crippen molar-refractivity contribution in [1.29, 1.82) is 0 Å². The van der Waals surface area contributed by atoms with Gasteiger partial charge in [0.1, 0.15) is 11.5 Å². The van der Waals surface area contributed by atoms with E-state index in [2.05, 4.69) is 14.7 Å². The van der Waals surface area contributed by atoms with Crippen molar-refractivity contribution in [2.75, 3.05) is 13.1 Å². The van der Waals surface area contributed by atoms with Crippen molar-refractivity contribution < 1.29 is 45.0 Å². The van der Waals surface area contributed by atoms with Crippen molar-refractivity contribution in [1.82, 2.24) is 9.88 Å². The number of aliphatic imine (C=N–C) groups is 1. The van der Waals surface area contributed by atoms with Crippen LogP contribution in [-0.4, -0.2) is 46.9 Å². The molecule has 0 saturated heterocycles. The molecule has 222 valence electrons. The molecule has 4 aromatic rings. The van der Waals surface area contributed by atoms with Crippen molar-refractivity contribution in [3.05, 3.63) is 99.3 Å². The molecule has 1 amide bonds. The highest BCUT2D eigenvalue weighted by molar-refractivity contribution is 6.25. The van der Waals surface area contributed by atoms with Gasteiger partial charge in [-0.05, 0) is 42.0 Å². The summed E-state index contributed by atoms with van der Waals surface area (Å²) >= 11 is 0. The molecule has 0 saturated carbocycles. The van der Waals surface area contributed by atoms with Crippen LogP contribution in [0, 0.1) is 5.82 Å². The van der Waals surface area contributed by atoms with Crippen LogP contribution in [0.3, 0.4) is 0 Å². The number of fused-ring (bicyclic) bond motifs is 1. The standard InChI is InChI=1S/C29H19F6N3O5/c1-28(31,32)13-38-24(14-5-7-15(8-6-14)41-16-9-10-19(30)21(11-16)43-29(33,34)35)22-18(26(38)39)12-36-23(22)17-3-2-4-20-25(17)42-27(40)37-20/h2-11,24H,12-13H2,1H3,(H,37,40). The Balaban J connectivity index is 1.35. The third kappa shape index (κ3) is 5.47. The number of halogens is 6. The number of carbonyl (C=O) groups is 1. The van der Waals surface area contributed by atoms with Crippen molar-refractivity contribution in [2.24, 2.45) is 4.99 Å². The Morgan fingerprint density at radius 1 is 1.02 bits per heavy atom. The van der Waals surface area contributed by atoms with E-state index in [4.69, 9.17) is 9.15 Å². The quantitative estimate of drug-likeness (QED) is 0.251. The second-order valence-corrected chi connectivity index (χ2v) is 9.97. The number of benzene rings is 3. The fourth-order valence-electron chi connectivity index (χ4n) is 5.20. The molecule has 1 unspecified atom stereocenters. The minimum Gasteiger partial charge on any atom is -0.457 e. The number of aromatic amines is 1. The first-order valence-electron chi connectivity index (χ1n) is 12.7. The summed E-state index contributed by atoms with van der Waals surface area (Å²) in [6.07, 6.45) is -5.12. The summed E-state index contributed by atoms with van der Waals surface area (Å²) in [5.41, 5.74) is 2.32. The summed E-state index contributed by atoms with van der Waals surface area (Å²) in [6, 6.07) is 12.4. The number of nitrogens with zero attached hydrogens (tertiary/aromatic N) is 2. The third-order valence-corrected chi connectivity index (χ3v) is 6.79. The molecule has 0 bridgehead atoms. The Morgan fingerprint density at radius 3 is 2.44 bits per heavy atom. The summed E-state index contributed by atoms with van der Waals surface area (Å²) in [5.74, 6) is -6.91. The van der Waals surface area contributed by atoms with E-state index in [-0.39, 0.29) is 29.2 Å². The van der Waals surface area contributed by atoms with Crippen molar-refractivity contribution >= 4 is 22.7 Å². The SMILES string of the molecule is CC(F)(F)CN1C(=O)C2=C(C(c3cccc4[nH]c(=O)oc34)=NC2)C1c1ccc(Oc2ccc(F)c(OC(F)(F)F)c2)cc1. The molecule has 0 aliphatic carbocycles. The molecule has 3 heterocycles. The lowest BCUT2D eigenvalue weighted by molar-refractivity contribution is -0.275. The Bertz CT molecular complexity index is 1870. The average molecular weight is 603 g/mol. The highest BCUT2D eigenvalue weighted by Gasteiger charge is 2.47. The van der Waals surface area contributed by atoms with Gasteiger partial charge < -0.3 is 18.8 Å². The lowest BCUT2D eigenvalue weighted by Crippen LogP contribution is -2.40. The maximum Gasteiger partial charge on any atom is 0.573 e. The molecule has 3 aromatic carbocycles. The number of carbonyl (C=O) groups excluding carboxylic acids is 1. The monoisotopic (exact) mass is 603 g/mol. The maximum absolute atomic E-state index is 14.3. The van der Waals surface area contributed by atoms with Crippen molar-refractivity contribution in [3.8, 4) is 17.2 Å². The number of ether oxygens (including phenoxy) is 2. The minimum absolute atomic E-state index is 0.0646. The molecule has 43 heavy (non-hydrogen) atoms.